The highest BCUT2D eigenvalue weighted by molar-refractivity contribution is 5.91. The van der Waals surface area contributed by atoms with E-state index in [2.05, 4.69) is 5.10 Å². The topological polar surface area (TPSA) is 70.1 Å². The Morgan fingerprint density at radius 1 is 1.42 bits per heavy atom. The fraction of sp³-hybridized carbons (Fsp3) is 0.286. The van der Waals surface area contributed by atoms with Gasteiger partial charge >= 0.3 is 0 Å². The number of nitrogen functional groups attached to an aromatic ring is 1. The minimum Gasteiger partial charge on any atom is -0.497 e. The van der Waals surface area contributed by atoms with Gasteiger partial charge in [-0.1, -0.05) is 12.1 Å². The van der Waals surface area contributed by atoms with Gasteiger partial charge in [-0.15, -0.1) is 0 Å². The number of aldehydes is 1. The molecule has 0 aliphatic rings. The molecule has 0 spiro atoms. The van der Waals surface area contributed by atoms with Crippen LogP contribution in [0.15, 0.2) is 24.3 Å². The Kier molecular flexibility index (Phi) is 3.55. The smallest absolute Gasteiger partial charge is 0.156 e. The number of hydrogen-bond acceptors (Lipinski definition) is 4. The third kappa shape index (κ3) is 2.31. The van der Waals surface area contributed by atoms with Crippen LogP contribution in [0.1, 0.15) is 30.2 Å². The maximum absolute atomic E-state index is 11.2. The van der Waals surface area contributed by atoms with Crippen LogP contribution >= 0.6 is 0 Å². The van der Waals surface area contributed by atoms with E-state index < -0.39 is 0 Å². The Morgan fingerprint density at radius 2 is 2.16 bits per heavy atom. The average Bonchev–Trinajstić information content (AvgIpc) is 2.75. The highest BCUT2D eigenvalue weighted by Gasteiger charge is 2.18. The number of hydrogen-bond donors (Lipinski definition) is 1. The molecule has 0 radical (unpaired) electrons. The molecule has 5 heteroatoms. The summed E-state index contributed by atoms with van der Waals surface area (Å²) in [7, 11) is 1.60. The van der Waals surface area contributed by atoms with Gasteiger partial charge in [-0.2, -0.15) is 5.10 Å². The summed E-state index contributed by atoms with van der Waals surface area (Å²) < 4.78 is 6.83. The lowest BCUT2D eigenvalue weighted by atomic mass is 10.1. The molecule has 0 aliphatic heterocycles. The van der Waals surface area contributed by atoms with Crippen molar-refractivity contribution in [3.63, 3.8) is 0 Å². The Labute approximate surface area is 112 Å². The molecule has 0 atom stereocenters. The quantitative estimate of drug-likeness (QED) is 0.856. The van der Waals surface area contributed by atoms with Crippen molar-refractivity contribution in [1.82, 2.24) is 9.78 Å². The molecule has 2 rings (SSSR count). The van der Waals surface area contributed by atoms with Gasteiger partial charge in [-0.05, 0) is 26.0 Å². The molecule has 0 saturated heterocycles. The fourth-order valence-corrected chi connectivity index (χ4v) is 1.95. The lowest BCUT2D eigenvalue weighted by Crippen LogP contribution is -2.07. The third-order valence-corrected chi connectivity index (χ3v) is 2.94. The SMILES string of the molecule is COc1cccc(-c2nn(C(C)C)c(N)c2C=O)c1. The number of nitrogens with two attached hydrogens (primary N) is 1. The number of ether oxygens (including phenoxy) is 1. The van der Waals surface area contributed by atoms with Gasteiger partial charge in [0.2, 0.25) is 0 Å². The number of carbonyl (C=O) groups is 1. The Hall–Kier alpha value is -2.30. The van der Waals surface area contributed by atoms with Crippen molar-refractivity contribution in [1.29, 1.82) is 0 Å². The van der Waals surface area contributed by atoms with Crippen molar-refractivity contribution in [3.05, 3.63) is 29.8 Å². The number of aromatic nitrogens is 2. The summed E-state index contributed by atoms with van der Waals surface area (Å²) >= 11 is 0. The van der Waals surface area contributed by atoms with Gasteiger partial charge in [0, 0.05) is 11.6 Å². The van der Waals surface area contributed by atoms with Gasteiger partial charge in [-0.25, -0.2) is 4.68 Å². The Morgan fingerprint density at radius 3 is 2.74 bits per heavy atom. The van der Waals surface area contributed by atoms with E-state index in [9.17, 15) is 4.79 Å². The van der Waals surface area contributed by atoms with Crippen LogP contribution in [0.4, 0.5) is 5.82 Å². The summed E-state index contributed by atoms with van der Waals surface area (Å²) in [6.07, 6.45) is 0.746. The summed E-state index contributed by atoms with van der Waals surface area (Å²) in [5.74, 6) is 1.11. The van der Waals surface area contributed by atoms with Crippen molar-refractivity contribution < 1.29 is 9.53 Å². The molecule has 1 aromatic carbocycles. The zero-order valence-corrected chi connectivity index (χ0v) is 11.3. The van der Waals surface area contributed by atoms with Crippen LogP contribution in [0.5, 0.6) is 5.75 Å². The third-order valence-electron chi connectivity index (χ3n) is 2.94. The minimum atomic E-state index is 0.0954. The zero-order valence-electron chi connectivity index (χ0n) is 11.3. The van der Waals surface area contributed by atoms with Crippen LogP contribution in [0.25, 0.3) is 11.3 Å². The van der Waals surface area contributed by atoms with Crippen LogP contribution in [0.3, 0.4) is 0 Å². The fourth-order valence-electron chi connectivity index (χ4n) is 1.95. The molecule has 0 fully saturated rings. The molecular weight excluding hydrogens is 242 g/mol. The predicted octanol–water partition coefficient (Wildman–Crippen LogP) is 2.53. The van der Waals surface area contributed by atoms with E-state index in [0.29, 0.717) is 22.8 Å². The largest absolute Gasteiger partial charge is 0.497 e. The number of carbonyl (C=O) groups excluding carboxylic acids is 1. The summed E-state index contributed by atoms with van der Waals surface area (Å²) in [4.78, 5) is 11.2. The van der Waals surface area contributed by atoms with E-state index in [1.807, 2.05) is 38.1 Å². The van der Waals surface area contributed by atoms with Gasteiger partial charge in [-0.3, -0.25) is 4.79 Å². The van der Waals surface area contributed by atoms with E-state index in [1.54, 1.807) is 11.8 Å². The molecule has 2 N–H and O–H groups in total. The molecule has 0 amide bonds. The molecule has 1 heterocycles. The summed E-state index contributed by atoms with van der Waals surface area (Å²) in [5.41, 5.74) is 7.78. The lowest BCUT2D eigenvalue weighted by molar-refractivity contribution is 0.112. The second kappa shape index (κ2) is 5.14. The Balaban J connectivity index is 2.60. The van der Waals surface area contributed by atoms with Crippen LogP contribution in [-0.2, 0) is 0 Å². The van der Waals surface area contributed by atoms with E-state index in [1.165, 1.54) is 0 Å². The first-order chi connectivity index (χ1) is 9.08. The van der Waals surface area contributed by atoms with Crippen LogP contribution in [0, 0.1) is 0 Å². The predicted molar refractivity (Wildman–Crippen MR) is 74.4 cm³/mol. The number of anilines is 1. The number of rotatable bonds is 4. The molecule has 100 valence electrons. The molecule has 19 heavy (non-hydrogen) atoms. The van der Waals surface area contributed by atoms with Gasteiger partial charge in [0.05, 0.1) is 12.7 Å². The van der Waals surface area contributed by atoms with E-state index in [-0.39, 0.29) is 6.04 Å². The second-order valence-corrected chi connectivity index (χ2v) is 4.54. The summed E-state index contributed by atoms with van der Waals surface area (Å²) in [5, 5.41) is 4.43. The summed E-state index contributed by atoms with van der Waals surface area (Å²) in [6.45, 7) is 3.93. The maximum Gasteiger partial charge on any atom is 0.156 e. The first kappa shape index (κ1) is 13.1. The molecule has 5 nitrogen and oxygen atoms in total. The molecular formula is C14H17N3O2. The van der Waals surface area contributed by atoms with E-state index in [4.69, 9.17) is 10.5 Å². The molecule has 0 aliphatic carbocycles. The van der Waals surface area contributed by atoms with Crippen molar-refractivity contribution in [2.24, 2.45) is 0 Å². The highest BCUT2D eigenvalue weighted by Crippen LogP contribution is 2.29. The van der Waals surface area contributed by atoms with Crippen molar-refractivity contribution in [2.75, 3.05) is 12.8 Å². The number of nitrogens with zero attached hydrogens (tertiary/aromatic N) is 2. The van der Waals surface area contributed by atoms with Gasteiger partial charge in [0.1, 0.15) is 17.3 Å². The number of benzene rings is 1. The minimum absolute atomic E-state index is 0.0954. The highest BCUT2D eigenvalue weighted by atomic mass is 16.5. The van der Waals surface area contributed by atoms with Gasteiger partial charge in [0.15, 0.2) is 6.29 Å². The Bertz CT molecular complexity index is 603. The lowest BCUT2D eigenvalue weighted by Gasteiger charge is -2.06. The first-order valence-corrected chi connectivity index (χ1v) is 6.06. The van der Waals surface area contributed by atoms with Gasteiger partial charge in [0.25, 0.3) is 0 Å². The number of methoxy groups -OCH3 is 1. The first-order valence-electron chi connectivity index (χ1n) is 6.06. The maximum atomic E-state index is 11.2. The van der Waals surface area contributed by atoms with Crippen molar-refractivity contribution >= 4 is 12.1 Å². The van der Waals surface area contributed by atoms with Crippen LogP contribution in [-0.4, -0.2) is 23.2 Å². The average molecular weight is 259 g/mol. The monoisotopic (exact) mass is 259 g/mol. The van der Waals surface area contributed by atoms with Crippen molar-refractivity contribution in [3.8, 4) is 17.0 Å². The van der Waals surface area contributed by atoms with E-state index >= 15 is 0 Å². The normalized spacial score (nSPS) is 10.7. The van der Waals surface area contributed by atoms with Crippen LogP contribution in [0.2, 0.25) is 0 Å². The van der Waals surface area contributed by atoms with E-state index in [0.717, 1.165) is 11.8 Å². The zero-order chi connectivity index (χ0) is 14.0. The van der Waals surface area contributed by atoms with Crippen LogP contribution < -0.4 is 10.5 Å². The van der Waals surface area contributed by atoms with Crippen molar-refractivity contribution in [2.45, 2.75) is 19.9 Å². The van der Waals surface area contributed by atoms with Gasteiger partial charge < -0.3 is 10.5 Å². The molecule has 1 aromatic heterocycles. The molecule has 0 saturated carbocycles. The summed E-state index contributed by atoms with van der Waals surface area (Å²) in [6, 6.07) is 7.50. The molecule has 2 aromatic rings. The molecule has 0 unspecified atom stereocenters. The second-order valence-electron chi connectivity index (χ2n) is 4.54. The standard InChI is InChI=1S/C14H17N3O2/c1-9(2)17-14(15)12(8-18)13(16-17)10-5-4-6-11(7-10)19-3/h4-9H,15H2,1-3H3. The molecule has 0 bridgehead atoms.